The van der Waals surface area contributed by atoms with Crippen LogP contribution >= 0.6 is 0 Å². The fourth-order valence-corrected chi connectivity index (χ4v) is 2.71. The van der Waals surface area contributed by atoms with Crippen LogP contribution in [0.1, 0.15) is 32.6 Å². The van der Waals surface area contributed by atoms with Gasteiger partial charge in [-0.15, -0.1) is 0 Å². The highest BCUT2D eigenvalue weighted by Gasteiger charge is 2.20. The van der Waals surface area contributed by atoms with Crippen molar-refractivity contribution in [2.75, 3.05) is 14.2 Å². The van der Waals surface area contributed by atoms with Crippen molar-refractivity contribution < 1.29 is 19.0 Å². The number of carbonyl (C=O) groups excluding carboxylic acids is 1. The van der Waals surface area contributed by atoms with Crippen molar-refractivity contribution in [3.63, 3.8) is 0 Å². The van der Waals surface area contributed by atoms with E-state index in [1.165, 1.54) is 0 Å². The molecule has 0 fully saturated rings. The second-order valence-corrected chi connectivity index (χ2v) is 5.36. The molecule has 0 aliphatic carbocycles. The normalized spacial score (nSPS) is 10.3. The molecule has 2 aromatic carbocycles. The van der Waals surface area contributed by atoms with Crippen molar-refractivity contribution in [1.82, 2.24) is 0 Å². The molecule has 2 rings (SSSR count). The third kappa shape index (κ3) is 3.31. The van der Waals surface area contributed by atoms with Crippen molar-refractivity contribution in [2.45, 2.75) is 27.4 Å². The lowest BCUT2D eigenvalue weighted by atomic mass is 9.97. The lowest BCUT2D eigenvalue weighted by Crippen LogP contribution is -2.09. The quantitative estimate of drug-likeness (QED) is 0.783. The molecule has 0 amide bonds. The fraction of sp³-hybridized carbons (Fsp3) is 0.316. The van der Waals surface area contributed by atoms with E-state index in [9.17, 15) is 4.79 Å². The molecule has 122 valence electrons. The summed E-state index contributed by atoms with van der Waals surface area (Å²) in [6.45, 7) is 6.04. The first-order valence-corrected chi connectivity index (χ1v) is 7.44. The lowest BCUT2D eigenvalue weighted by Gasteiger charge is -2.20. The van der Waals surface area contributed by atoms with Crippen LogP contribution in [0.25, 0.3) is 0 Å². The van der Waals surface area contributed by atoms with Crippen LogP contribution in [0.4, 0.5) is 0 Å². The molecule has 4 heteroatoms. The van der Waals surface area contributed by atoms with Gasteiger partial charge in [-0.05, 0) is 44.0 Å². The van der Waals surface area contributed by atoms with Gasteiger partial charge in [-0.25, -0.2) is 4.79 Å². The minimum Gasteiger partial charge on any atom is -0.496 e. The summed E-state index contributed by atoms with van der Waals surface area (Å²) in [5.41, 5.74) is 4.30. The van der Waals surface area contributed by atoms with E-state index in [-0.39, 0.29) is 12.6 Å². The van der Waals surface area contributed by atoms with Crippen molar-refractivity contribution in [1.29, 1.82) is 0 Å². The Morgan fingerprint density at radius 2 is 1.43 bits per heavy atom. The first-order chi connectivity index (χ1) is 11.0. The predicted molar refractivity (Wildman–Crippen MR) is 89.3 cm³/mol. The SMILES string of the molecule is COc1c(C)c(C)c(OC)c(COC(=O)c2ccccc2)c1C. The molecule has 0 atom stereocenters. The average molecular weight is 314 g/mol. The highest BCUT2D eigenvalue weighted by atomic mass is 16.5. The van der Waals surface area contributed by atoms with Gasteiger partial charge in [0.15, 0.2) is 0 Å². The molecule has 0 radical (unpaired) electrons. The molecule has 0 aliphatic heterocycles. The smallest absolute Gasteiger partial charge is 0.338 e. The van der Waals surface area contributed by atoms with Crippen LogP contribution in [0.5, 0.6) is 11.5 Å². The van der Waals surface area contributed by atoms with E-state index in [0.29, 0.717) is 5.56 Å². The molecule has 0 bridgehead atoms. The van der Waals surface area contributed by atoms with E-state index in [4.69, 9.17) is 14.2 Å². The van der Waals surface area contributed by atoms with Gasteiger partial charge < -0.3 is 14.2 Å². The van der Waals surface area contributed by atoms with Crippen molar-refractivity contribution >= 4 is 5.97 Å². The molecule has 0 N–H and O–H groups in total. The molecule has 2 aromatic rings. The Balaban J connectivity index is 2.32. The Bertz CT molecular complexity index is 705. The molecule has 0 saturated heterocycles. The first-order valence-electron chi connectivity index (χ1n) is 7.44. The molecule has 0 aromatic heterocycles. The van der Waals surface area contributed by atoms with Gasteiger partial charge in [0, 0.05) is 11.1 Å². The number of hydrogen-bond donors (Lipinski definition) is 0. The van der Waals surface area contributed by atoms with E-state index >= 15 is 0 Å². The minimum absolute atomic E-state index is 0.139. The van der Waals surface area contributed by atoms with Gasteiger partial charge in [-0.3, -0.25) is 0 Å². The number of esters is 1. The molecule has 4 nitrogen and oxygen atoms in total. The lowest BCUT2D eigenvalue weighted by molar-refractivity contribution is 0.0469. The van der Waals surface area contributed by atoms with Crippen LogP contribution in [-0.2, 0) is 11.3 Å². The van der Waals surface area contributed by atoms with Gasteiger partial charge >= 0.3 is 5.97 Å². The van der Waals surface area contributed by atoms with Crippen LogP contribution < -0.4 is 9.47 Å². The topological polar surface area (TPSA) is 44.8 Å². The summed E-state index contributed by atoms with van der Waals surface area (Å²) >= 11 is 0. The summed E-state index contributed by atoms with van der Waals surface area (Å²) in [7, 11) is 3.26. The Kier molecular flexibility index (Phi) is 5.27. The van der Waals surface area contributed by atoms with Crippen molar-refractivity contribution in [2.24, 2.45) is 0 Å². The second-order valence-electron chi connectivity index (χ2n) is 5.36. The van der Waals surface area contributed by atoms with Gasteiger partial charge in [0.25, 0.3) is 0 Å². The summed E-state index contributed by atoms with van der Waals surface area (Å²) in [5.74, 6) is 1.18. The molecule has 0 saturated carbocycles. The highest BCUT2D eigenvalue weighted by Crippen LogP contribution is 2.37. The maximum absolute atomic E-state index is 12.1. The molecule has 0 spiro atoms. The molecule has 0 heterocycles. The highest BCUT2D eigenvalue weighted by molar-refractivity contribution is 5.89. The van der Waals surface area contributed by atoms with E-state index in [1.54, 1.807) is 26.4 Å². The largest absolute Gasteiger partial charge is 0.496 e. The maximum Gasteiger partial charge on any atom is 0.338 e. The number of carbonyl (C=O) groups is 1. The molecule has 0 aliphatic rings. The maximum atomic E-state index is 12.1. The van der Waals surface area contributed by atoms with Gasteiger partial charge in [0.2, 0.25) is 0 Å². The monoisotopic (exact) mass is 314 g/mol. The Morgan fingerprint density at radius 1 is 0.870 bits per heavy atom. The van der Waals surface area contributed by atoms with Gasteiger partial charge in [0.1, 0.15) is 18.1 Å². The molecular formula is C19H22O4. The van der Waals surface area contributed by atoms with E-state index in [0.717, 1.165) is 33.8 Å². The second kappa shape index (κ2) is 7.18. The summed E-state index contributed by atoms with van der Waals surface area (Å²) in [5, 5.41) is 0. The van der Waals surface area contributed by atoms with Crippen LogP contribution in [0.3, 0.4) is 0 Å². The van der Waals surface area contributed by atoms with Gasteiger partial charge in [-0.2, -0.15) is 0 Å². The van der Waals surface area contributed by atoms with Gasteiger partial charge in [-0.1, -0.05) is 18.2 Å². The zero-order valence-electron chi connectivity index (χ0n) is 14.2. The van der Waals surface area contributed by atoms with E-state index < -0.39 is 0 Å². The summed E-state index contributed by atoms with van der Waals surface area (Å²) in [6, 6.07) is 8.93. The van der Waals surface area contributed by atoms with Crippen LogP contribution in [0, 0.1) is 20.8 Å². The minimum atomic E-state index is -0.357. The predicted octanol–water partition coefficient (Wildman–Crippen LogP) is 3.99. The first kappa shape index (κ1) is 16.9. The average Bonchev–Trinajstić information content (AvgIpc) is 2.58. The Morgan fingerprint density at radius 3 is 2.00 bits per heavy atom. The van der Waals surface area contributed by atoms with E-state index in [2.05, 4.69) is 0 Å². The third-order valence-electron chi connectivity index (χ3n) is 4.08. The van der Waals surface area contributed by atoms with Crippen LogP contribution in [0.15, 0.2) is 30.3 Å². The van der Waals surface area contributed by atoms with E-state index in [1.807, 2.05) is 39.0 Å². The number of rotatable bonds is 5. The summed E-state index contributed by atoms with van der Waals surface area (Å²) in [4.78, 5) is 12.1. The Labute approximate surface area is 137 Å². The standard InChI is InChI=1S/C19H22O4/c1-12-13(2)18(22-5)16(14(3)17(12)21-4)11-23-19(20)15-9-7-6-8-10-15/h6-10H,11H2,1-5H3. The third-order valence-corrected chi connectivity index (χ3v) is 4.08. The van der Waals surface area contributed by atoms with Crippen LogP contribution in [-0.4, -0.2) is 20.2 Å². The number of ether oxygens (including phenoxy) is 3. The summed E-state index contributed by atoms with van der Waals surface area (Å²) in [6.07, 6.45) is 0. The Hall–Kier alpha value is -2.49. The number of methoxy groups -OCH3 is 2. The zero-order chi connectivity index (χ0) is 17.0. The molecule has 23 heavy (non-hydrogen) atoms. The number of hydrogen-bond acceptors (Lipinski definition) is 4. The van der Waals surface area contributed by atoms with Crippen molar-refractivity contribution in [3.8, 4) is 11.5 Å². The number of benzene rings is 2. The zero-order valence-corrected chi connectivity index (χ0v) is 14.2. The van der Waals surface area contributed by atoms with Crippen molar-refractivity contribution in [3.05, 3.63) is 58.1 Å². The molecular weight excluding hydrogens is 292 g/mol. The molecule has 0 unspecified atom stereocenters. The fourth-order valence-electron chi connectivity index (χ4n) is 2.71. The van der Waals surface area contributed by atoms with Crippen LogP contribution in [0.2, 0.25) is 0 Å². The summed E-state index contributed by atoms with van der Waals surface area (Å²) < 4.78 is 16.5. The van der Waals surface area contributed by atoms with Gasteiger partial charge in [0.05, 0.1) is 19.8 Å².